The van der Waals surface area contributed by atoms with Crippen molar-refractivity contribution in [3.05, 3.63) is 0 Å². The first-order valence-electron chi connectivity index (χ1n) is 7.05. The van der Waals surface area contributed by atoms with Crippen LogP contribution in [0.15, 0.2) is 0 Å². The van der Waals surface area contributed by atoms with E-state index in [2.05, 4.69) is 18.5 Å². The van der Waals surface area contributed by atoms with Crippen LogP contribution >= 0.6 is 11.8 Å². The summed E-state index contributed by atoms with van der Waals surface area (Å²) in [4.78, 5) is 0. The van der Waals surface area contributed by atoms with Crippen molar-refractivity contribution in [2.45, 2.75) is 64.3 Å². The van der Waals surface area contributed by atoms with E-state index in [1.807, 2.05) is 11.8 Å². The molecule has 0 aromatic heterocycles. The van der Waals surface area contributed by atoms with Gasteiger partial charge in [0.15, 0.2) is 0 Å². The molecule has 1 rings (SSSR count). The van der Waals surface area contributed by atoms with E-state index < -0.39 is 0 Å². The molecule has 0 unspecified atom stereocenters. The van der Waals surface area contributed by atoms with E-state index in [0.29, 0.717) is 0 Å². The molecule has 0 spiro atoms. The van der Waals surface area contributed by atoms with E-state index in [-0.39, 0.29) is 0 Å². The minimum Gasteiger partial charge on any atom is -0.314 e. The average Bonchev–Trinajstić information content (AvgIpc) is 2.30. The van der Waals surface area contributed by atoms with E-state index in [9.17, 15) is 0 Å². The number of unbranched alkanes of at least 4 members (excludes halogenated alkanes) is 3. The molecule has 0 amide bonds. The van der Waals surface area contributed by atoms with Crippen LogP contribution in [0.25, 0.3) is 0 Å². The summed E-state index contributed by atoms with van der Waals surface area (Å²) < 4.78 is 0. The fourth-order valence-electron chi connectivity index (χ4n) is 2.50. The second-order valence-electron chi connectivity index (χ2n) is 5.32. The van der Waals surface area contributed by atoms with Crippen molar-refractivity contribution in [1.29, 1.82) is 0 Å². The van der Waals surface area contributed by atoms with Crippen molar-refractivity contribution >= 4 is 11.8 Å². The summed E-state index contributed by atoms with van der Waals surface area (Å²) in [5.41, 5.74) is 0. The summed E-state index contributed by atoms with van der Waals surface area (Å²) in [5.74, 6) is 2.32. The fourth-order valence-corrected chi connectivity index (χ4v) is 2.99. The van der Waals surface area contributed by atoms with E-state index in [0.717, 1.165) is 12.0 Å². The molecular weight excluding hydrogens is 214 g/mol. The highest BCUT2D eigenvalue weighted by molar-refractivity contribution is 7.98. The maximum absolute atomic E-state index is 3.73. The Morgan fingerprint density at radius 1 is 1.00 bits per heavy atom. The highest BCUT2D eigenvalue weighted by Crippen LogP contribution is 2.23. The van der Waals surface area contributed by atoms with Crippen LogP contribution < -0.4 is 5.32 Å². The van der Waals surface area contributed by atoms with Crippen LogP contribution in [0.3, 0.4) is 0 Å². The molecule has 1 fully saturated rings. The van der Waals surface area contributed by atoms with Crippen molar-refractivity contribution in [1.82, 2.24) is 5.32 Å². The van der Waals surface area contributed by atoms with Gasteiger partial charge >= 0.3 is 0 Å². The predicted octanol–water partition coefficient (Wildman–Crippen LogP) is 4.08. The van der Waals surface area contributed by atoms with Crippen molar-refractivity contribution in [3.8, 4) is 0 Å². The molecule has 1 N–H and O–H groups in total. The van der Waals surface area contributed by atoms with Crippen molar-refractivity contribution in [2.24, 2.45) is 5.92 Å². The van der Waals surface area contributed by atoms with Gasteiger partial charge in [-0.05, 0) is 63.0 Å². The van der Waals surface area contributed by atoms with Crippen LogP contribution in [0.4, 0.5) is 0 Å². The van der Waals surface area contributed by atoms with Crippen LogP contribution in [-0.2, 0) is 0 Å². The van der Waals surface area contributed by atoms with Gasteiger partial charge in [0.25, 0.3) is 0 Å². The summed E-state index contributed by atoms with van der Waals surface area (Å²) in [5, 5.41) is 3.73. The van der Waals surface area contributed by atoms with Crippen LogP contribution in [0.1, 0.15) is 58.3 Å². The predicted molar refractivity (Wildman–Crippen MR) is 76.3 cm³/mol. The third kappa shape index (κ3) is 6.80. The van der Waals surface area contributed by atoms with Gasteiger partial charge in [0.1, 0.15) is 0 Å². The second-order valence-corrected chi connectivity index (χ2v) is 6.30. The molecular formula is C14H29NS. The number of rotatable bonds is 8. The molecule has 0 bridgehead atoms. The Bertz CT molecular complexity index is 153. The number of hydrogen-bond donors (Lipinski definition) is 1. The molecule has 0 aromatic carbocycles. The van der Waals surface area contributed by atoms with Gasteiger partial charge in [-0.25, -0.2) is 0 Å². The Hall–Kier alpha value is 0.310. The van der Waals surface area contributed by atoms with Gasteiger partial charge in [0, 0.05) is 6.04 Å². The molecule has 0 aromatic rings. The highest BCUT2D eigenvalue weighted by atomic mass is 32.2. The molecule has 1 aliphatic carbocycles. The summed E-state index contributed by atoms with van der Waals surface area (Å²) in [6.45, 7) is 3.64. The van der Waals surface area contributed by atoms with Gasteiger partial charge < -0.3 is 5.32 Å². The fraction of sp³-hybridized carbons (Fsp3) is 1.00. The molecule has 2 heteroatoms. The molecule has 0 aliphatic heterocycles. The van der Waals surface area contributed by atoms with Gasteiger partial charge in [0.2, 0.25) is 0 Å². The number of thioether (sulfide) groups is 1. The Morgan fingerprint density at radius 3 is 2.38 bits per heavy atom. The summed E-state index contributed by atoms with van der Waals surface area (Å²) in [6, 6.07) is 0.836. The van der Waals surface area contributed by atoms with Gasteiger partial charge in [0.05, 0.1) is 0 Å². The van der Waals surface area contributed by atoms with E-state index >= 15 is 0 Å². The van der Waals surface area contributed by atoms with Gasteiger partial charge in [-0.15, -0.1) is 0 Å². The molecule has 1 nitrogen and oxygen atoms in total. The van der Waals surface area contributed by atoms with Gasteiger partial charge in [-0.1, -0.05) is 19.8 Å². The molecule has 96 valence electrons. The first kappa shape index (κ1) is 14.4. The van der Waals surface area contributed by atoms with E-state index in [1.54, 1.807) is 0 Å². The normalized spacial score (nSPS) is 25.9. The largest absolute Gasteiger partial charge is 0.314 e. The van der Waals surface area contributed by atoms with Gasteiger partial charge in [-0.3, -0.25) is 0 Å². The Labute approximate surface area is 106 Å². The quantitative estimate of drug-likeness (QED) is 0.645. The van der Waals surface area contributed by atoms with Crippen LogP contribution in [-0.4, -0.2) is 24.6 Å². The lowest BCUT2D eigenvalue weighted by molar-refractivity contribution is 0.306. The molecule has 0 radical (unpaired) electrons. The highest BCUT2D eigenvalue weighted by Gasteiger charge is 2.16. The number of hydrogen-bond acceptors (Lipinski definition) is 2. The van der Waals surface area contributed by atoms with Crippen LogP contribution in [0, 0.1) is 5.92 Å². The third-order valence-corrected chi connectivity index (χ3v) is 4.42. The SMILES string of the molecule is CSCCCCCCNC1CCC(C)CC1. The van der Waals surface area contributed by atoms with Crippen molar-refractivity contribution < 1.29 is 0 Å². The zero-order valence-corrected chi connectivity index (χ0v) is 12.0. The molecule has 0 saturated heterocycles. The maximum atomic E-state index is 3.73. The minimum absolute atomic E-state index is 0.836. The van der Waals surface area contributed by atoms with Crippen LogP contribution in [0.5, 0.6) is 0 Å². The molecule has 1 aliphatic rings. The first-order chi connectivity index (χ1) is 7.83. The van der Waals surface area contributed by atoms with E-state index in [1.165, 1.54) is 63.7 Å². The summed E-state index contributed by atoms with van der Waals surface area (Å²) >= 11 is 1.97. The molecule has 0 heterocycles. The number of nitrogens with one attached hydrogen (secondary N) is 1. The maximum Gasteiger partial charge on any atom is 0.00672 e. The standard InChI is InChI=1S/C14H29NS/c1-13-7-9-14(10-8-13)15-11-5-3-4-6-12-16-2/h13-15H,3-12H2,1-2H3. The molecule has 1 saturated carbocycles. The first-order valence-corrected chi connectivity index (χ1v) is 8.44. The smallest absolute Gasteiger partial charge is 0.00672 e. The van der Waals surface area contributed by atoms with Crippen LogP contribution in [0.2, 0.25) is 0 Å². The lowest BCUT2D eigenvalue weighted by atomic mass is 9.87. The molecule has 16 heavy (non-hydrogen) atoms. The topological polar surface area (TPSA) is 12.0 Å². The van der Waals surface area contributed by atoms with Gasteiger partial charge in [-0.2, -0.15) is 11.8 Å². The third-order valence-electron chi connectivity index (χ3n) is 3.72. The van der Waals surface area contributed by atoms with Crippen molar-refractivity contribution in [2.75, 3.05) is 18.6 Å². The Balaban J connectivity index is 1.84. The summed E-state index contributed by atoms with van der Waals surface area (Å²) in [6.07, 6.45) is 13.5. The lowest BCUT2D eigenvalue weighted by Crippen LogP contribution is -2.33. The summed E-state index contributed by atoms with van der Waals surface area (Å²) in [7, 11) is 0. The Kier molecular flexibility index (Phi) is 8.40. The Morgan fingerprint density at radius 2 is 1.69 bits per heavy atom. The molecule has 0 atom stereocenters. The average molecular weight is 243 g/mol. The zero-order valence-electron chi connectivity index (χ0n) is 11.1. The van der Waals surface area contributed by atoms with Crippen molar-refractivity contribution in [3.63, 3.8) is 0 Å². The monoisotopic (exact) mass is 243 g/mol. The second kappa shape index (κ2) is 9.35. The zero-order chi connectivity index (χ0) is 11.6. The minimum atomic E-state index is 0.836. The lowest BCUT2D eigenvalue weighted by Gasteiger charge is -2.27. The van der Waals surface area contributed by atoms with E-state index in [4.69, 9.17) is 0 Å².